The van der Waals surface area contributed by atoms with E-state index in [1.807, 2.05) is 0 Å². The summed E-state index contributed by atoms with van der Waals surface area (Å²) in [6.07, 6.45) is -4.79. The molecule has 20 heavy (non-hydrogen) atoms. The number of rotatable bonds is 4. The molecule has 1 heterocycles. The number of carbonyl (C=O) groups is 3. The maximum atomic E-state index is 14.1. The first-order chi connectivity index (χ1) is 8.84. The van der Waals surface area contributed by atoms with Crippen molar-refractivity contribution in [2.45, 2.75) is 50.3 Å². The van der Waals surface area contributed by atoms with Crippen LogP contribution in [-0.4, -0.2) is 62.2 Å². The minimum Gasteiger partial charge on any atom is -0.382 e. The van der Waals surface area contributed by atoms with E-state index >= 15 is 0 Å². The molecule has 0 radical (unpaired) electrons. The molecule has 114 valence electrons. The molecule has 1 saturated heterocycles. The van der Waals surface area contributed by atoms with Gasteiger partial charge in [0, 0.05) is 6.92 Å². The van der Waals surface area contributed by atoms with Gasteiger partial charge < -0.3 is 20.1 Å². The van der Waals surface area contributed by atoms with E-state index in [-0.39, 0.29) is 0 Å². The van der Waals surface area contributed by atoms with Crippen LogP contribution in [0, 0.1) is 0 Å². The van der Waals surface area contributed by atoms with Crippen LogP contribution in [0.15, 0.2) is 0 Å². The van der Waals surface area contributed by atoms with Crippen molar-refractivity contribution in [1.82, 2.24) is 0 Å². The molecule has 1 fully saturated rings. The molecule has 0 aromatic rings. The summed E-state index contributed by atoms with van der Waals surface area (Å²) in [5.41, 5.74) is -3.71. The summed E-state index contributed by atoms with van der Waals surface area (Å²) in [7, 11) is 0. The second-order valence-corrected chi connectivity index (χ2v) is 4.69. The van der Waals surface area contributed by atoms with Gasteiger partial charge in [-0.2, -0.15) is 8.78 Å². The Bertz CT molecular complexity index is 477. The van der Waals surface area contributed by atoms with Crippen LogP contribution in [0.1, 0.15) is 20.8 Å². The van der Waals surface area contributed by atoms with Crippen molar-refractivity contribution in [3.8, 4) is 0 Å². The number of aliphatic hydroxyl groups excluding tert-OH is 1. The van der Waals surface area contributed by atoms with E-state index in [1.54, 1.807) is 0 Å². The fraction of sp³-hybridized carbons (Fsp3) is 0.727. The first-order valence-corrected chi connectivity index (χ1v) is 5.55. The zero-order valence-electron chi connectivity index (χ0n) is 10.9. The SMILES string of the molecule is CC(=O)C(O)[C@H]1O[C@@](O)(C(C)=O)C(F)(F)[C@@]1(O)C(C)=O. The number of halogens is 2. The zero-order valence-corrected chi connectivity index (χ0v) is 10.9. The van der Waals surface area contributed by atoms with Gasteiger partial charge in [0.25, 0.3) is 5.79 Å². The minimum atomic E-state index is -4.74. The molecule has 0 spiro atoms. The first-order valence-electron chi connectivity index (χ1n) is 5.55. The van der Waals surface area contributed by atoms with E-state index in [2.05, 4.69) is 4.74 Å². The second kappa shape index (κ2) is 4.62. The van der Waals surface area contributed by atoms with Crippen molar-refractivity contribution in [1.29, 1.82) is 0 Å². The lowest BCUT2D eigenvalue weighted by molar-refractivity contribution is -0.274. The number of Topliss-reactive ketones (excluding diaryl/α,β-unsaturated/α-hetero) is 3. The molecule has 1 aliphatic rings. The van der Waals surface area contributed by atoms with Gasteiger partial charge >= 0.3 is 5.92 Å². The summed E-state index contributed by atoms with van der Waals surface area (Å²) in [5, 5.41) is 29.1. The van der Waals surface area contributed by atoms with Crippen molar-refractivity contribution in [3.05, 3.63) is 0 Å². The average Bonchev–Trinajstić information content (AvgIpc) is 2.48. The summed E-state index contributed by atoms with van der Waals surface area (Å²) in [5.74, 6) is -12.8. The van der Waals surface area contributed by atoms with Crippen LogP contribution in [0.3, 0.4) is 0 Å². The predicted molar refractivity (Wildman–Crippen MR) is 57.8 cm³/mol. The van der Waals surface area contributed by atoms with Gasteiger partial charge in [0.15, 0.2) is 17.3 Å². The number of hydrogen-bond acceptors (Lipinski definition) is 7. The third kappa shape index (κ3) is 1.81. The zero-order chi connectivity index (χ0) is 16.1. The molecule has 0 aromatic carbocycles. The van der Waals surface area contributed by atoms with Crippen LogP contribution < -0.4 is 0 Å². The Morgan fingerprint density at radius 3 is 1.85 bits per heavy atom. The van der Waals surface area contributed by atoms with Gasteiger partial charge in [0.1, 0.15) is 12.2 Å². The molecule has 4 atom stereocenters. The summed E-state index contributed by atoms with van der Waals surface area (Å²) in [6.45, 7) is 1.91. The Morgan fingerprint density at radius 2 is 1.55 bits per heavy atom. The number of hydrogen-bond donors (Lipinski definition) is 3. The fourth-order valence-corrected chi connectivity index (χ4v) is 2.01. The molecule has 1 rings (SSSR count). The Morgan fingerprint density at radius 1 is 1.10 bits per heavy atom. The van der Waals surface area contributed by atoms with Gasteiger partial charge in [-0.05, 0) is 13.8 Å². The highest BCUT2D eigenvalue weighted by atomic mass is 19.3. The number of carbonyl (C=O) groups excluding carboxylic acids is 3. The molecule has 0 saturated carbocycles. The minimum absolute atomic E-state index is 0.553. The number of aliphatic hydroxyl groups is 3. The van der Waals surface area contributed by atoms with Crippen LogP contribution in [0.5, 0.6) is 0 Å². The highest BCUT2D eigenvalue weighted by Crippen LogP contribution is 2.51. The van der Waals surface area contributed by atoms with Crippen LogP contribution >= 0.6 is 0 Å². The summed E-state index contributed by atoms with van der Waals surface area (Å²) < 4.78 is 32.6. The molecule has 0 aliphatic carbocycles. The standard InChI is InChI=1S/C11H14F2O7/c1-4(14)7(17)8-9(18,5(2)15)11(12,13)10(19,20-8)6(3)16/h7-8,17-19H,1-3H3/t7?,8-,9-,10+/m1/s1. The van der Waals surface area contributed by atoms with E-state index in [1.165, 1.54) is 0 Å². The molecule has 3 N–H and O–H groups in total. The highest BCUT2D eigenvalue weighted by molar-refractivity contribution is 5.94. The second-order valence-electron chi connectivity index (χ2n) is 4.69. The molecule has 1 aliphatic heterocycles. The third-order valence-corrected chi connectivity index (χ3v) is 3.33. The molecule has 0 bridgehead atoms. The normalized spacial score (nSPS) is 37.5. The lowest BCUT2D eigenvalue weighted by Crippen LogP contribution is -2.65. The van der Waals surface area contributed by atoms with Gasteiger partial charge in [-0.15, -0.1) is 0 Å². The van der Waals surface area contributed by atoms with Gasteiger partial charge in [-0.3, -0.25) is 14.4 Å². The lowest BCUT2D eigenvalue weighted by atomic mass is 9.81. The smallest absolute Gasteiger partial charge is 0.345 e. The van der Waals surface area contributed by atoms with Crippen LogP contribution in [-0.2, 0) is 19.1 Å². The Balaban J connectivity index is 3.53. The third-order valence-electron chi connectivity index (χ3n) is 3.33. The fourth-order valence-electron chi connectivity index (χ4n) is 2.01. The Hall–Kier alpha value is -1.29. The molecule has 9 heteroatoms. The Labute approximate surface area is 112 Å². The van der Waals surface area contributed by atoms with Crippen molar-refractivity contribution in [2.24, 2.45) is 0 Å². The molecule has 1 unspecified atom stereocenters. The van der Waals surface area contributed by atoms with Gasteiger partial charge in [0.05, 0.1) is 0 Å². The van der Waals surface area contributed by atoms with Gasteiger partial charge in [0.2, 0.25) is 5.60 Å². The quantitative estimate of drug-likeness (QED) is 0.581. The first kappa shape index (κ1) is 16.8. The molecule has 7 nitrogen and oxygen atoms in total. The molecule has 0 aromatic heterocycles. The predicted octanol–water partition coefficient (Wildman–Crippen LogP) is -1.43. The van der Waals surface area contributed by atoms with Crippen molar-refractivity contribution < 1.29 is 43.2 Å². The molecular formula is C11H14F2O7. The summed E-state index contributed by atoms with van der Waals surface area (Å²) >= 11 is 0. The number of ketones is 3. The molecular weight excluding hydrogens is 282 g/mol. The number of alkyl halides is 2. The maximum Gasteiger partial charge on any atom is 0.345 e. The monoisotopic (exact) mass is 296 g/mol. The average molecular weight is 296 g/mol. The Kier molecular flexibility index (Phi) is 3.87. The molecule has 0 amide bonds. The largest absolute Gasteiger partial charge is 0.382 e. The van der Waals surface area contributed by atoms with Crippen LogP contribution in [0.25, 0.3) is 0 Å². The van der Waals surface area contributed by atoms with Gasteiger partial charge in [-0.25, -0.2) is 0 Å². The van der Waals surface area contributed by atoms with E-state index < -0.39 is 46.9 Å². The number of ether oxygens (including phenoxy) is 1. The van der Waals surface area contributed by atoms with Crippen molar-refractivity contribution >= 4 is 17.3 Å². The highest BCUT2D eigenvalue weighted by Gasteiger charge is 2.81. The summed E-state index contributed by atoms with van der Waals surface area (Å²) in [4.78, 5) is 33.6. The summed E-state index contributed by atoms with van der Waals surface area (Å²) in [6, 6.07) is 0. The van der Waals surface area contributed by atoms with E-state index in [0.717, 1.165) is 6.92 Å². The van der Waals surface area contributed by atoms with E-state index in [4.69, 9.17) is 0 Å². The van der Waals surface area contributed by atoms with E-state index in [9.17, 15) is 38.5 Å². The van der Waals surface area contributed by atoms with Gasteiger partial charge in [-0.1, -0.05) is 0 Å². The van der Waals surface area contributed by atoms with Crippen LogP contribution in [0.4, 0.5) is 8.78 Å². The van der Waals surface area contributed by atoms with Crippen LogP contribution in [0.2, 0.25) is 0 Å². The van der Waals surface area contributed by atoms with Crippen molar-refractivity contribution in [3.63, 3.8) is 0 Å². The maximum absolute atomic E-state index is 14.1. The lowest BCUT2D eigenvalue weighted by Gasteiger charge is -2.32. The topological polar surface area (TPSA) is 121 Å². The van der Waals surface area contributed by atoms with E-state index in [0.29, 0.717) is 13.8 Å². The van der Waals surface area contributed by atoms with Crippen molar-refractivity contribution in [2.75, 3.05) is 0 Å².